The maximum atomic E-state index is 6.23. The van der Waals surface area contributed by atoms with Crippen LogP contribution in [-0.4, -0.2) is 4.98 Å². The summed E-state index contributed by atoms with van der Waals surface area (Å²) in [7, 11) is 0. The number of rotatable bonds is 3. The molecular formula is C15H18ClN3. The second-order valence-electron chi connectivity index (χ2n) is 4.93. The number of benzene rings is 1. The van der Waals surface area contributed by atoms with Crippen molar-refractivity contribution in [3.8, 4) is 0 Å². The summed E-state index contributed by atoms with van der Waals surface area (Å²) in [5, 5.41) is 0.540. The smallest absolute Gasteiger partial charge is 0.128 e. The number of hydrogen-bond acceptors (Lipinski definition) is 3. The molecule has 4 heteroatoms. The number of aromatic nitrogens is 1. The van der Waals surface area contributed by atoms with Crippen molar-refractivity contribution < 1.29 is 0 Å². The molecule has 0 saturated carbocycles. The van der Waals surface area contributed by atoms with Crippen LogP contribution in [0.5, 0.6) is 0 Å². The minimum Gasteiger partial charge on any atom is -0.383 e. The van der Waals surface area contributed by atoms with Gasteiger partial charge in [-0.05, 0) is 23.1 Å². The van der Waals surface area contributed by atoms with E-state index in [0.29, 0.717) is 16.8 Å². The van der Waals surface area contributed by atoms with Crippen LogP contribution in [0, 0.1) is 0 Å². The number of nitrogen functional groups attached to an aromatic ring is 1. The summed E-state index contributed by atoms with van der Waals surface area (Å²) in [6.45, 7) is 4.32. The molecule has 0 bridgehead atoms. The molecule has 1 unspecified atom stereocenters. The van der Waals surface area contributed by atoms with E-state index in [1.165, 1.54) is 11.8 Å². The molecule has 0 saturated heterocycles. The van der Waals surface area contributed by atoms with Crippen LogP contribution in [0.2, 0.25) is 5.02 Å². The zero-order valence-corrected chi connectivity index (χ0v) is 11.9. The maximum Gasteiger partial charge on any atom is 0.128 e. The van der Waals surface area contributed by atoms with E-state index >= 15 is 0 Å². The predicted octanol–water partition coefficient (Wildman–Crippen LogP) is 3.49. The quantitative estimate of drug-likeness (QED) is 0.901. The van der Waals surface area contributed by atoms with Crippen LogP contribution in [0.25, 0.3) is 0 Å². The summed E-state index contributed by atoms with van der Waals surface area (Å²) in [4.78, 5) is 4.04. The van der Waals surface area contributed by atoms with E-state index in [1.54, 1.807) is 6.07 Å². The first-order valence-electron chi connectivity index (χ1n) is 6.25. The van der Waals surface area contributed by atoms with Crippen molar-refractivity contribution in [1.82, 2.24) is 4.98 Å². The molecule has 0 amide bonds. The highest BCUT2D eigenvalue weighted by Gasteiger charge is 2.13. The van der Waals surface area contributed by atoms with Crippen LogP contribution in [-0.2, 0) is 0 Å². The van der Waals surface area contributed by atoms with Crippen molar-refractivity contribution in [2.75, 3.05) is 5.73 Å². The third-order valence-electron chi connectivity index (χ3n) is 3.21. The van der Waals surface area contributed by atoms with Crippen molar-refractivity contribution in [3.63, 3.8) is 0 Å². The molecule has 1 aromatic heterocycles. The molecule has 1 heterocycles. The van der Waals surface area contributed by atoms with Gasteiger partial charge in [0.25, 0.3) is 0 Å². The van der Waals surface area contributed by atoms with Gasteiger partial charge in [0.1, 0.15) is 5.82 Å². The first-order chi connectivity index (χ1) is 8.99. The fraction of sp³-hybridized carbons (Fsp3) is 0.267. The van der Waals surface area contributed by atoms with E-state index in [2.05, 4.69) is 31.0 Å². The topological polar surface area (TPSA) is 64.9 Å². The monoisotopic (exact) mass is 275 g/mol. The summed E-state index contributed by atoms with van der Waals surface area (Å²) >= 11 is 5.94. The lowest BCUT2D eigenvalue weighted by Crippen LogP contribution is -2.14. The number of hydrogen-bond donors (Lipinski definition) is 2. The van der Waals surface area contributed by atoms with Crippen LogP contribution < -0.4 is 11.5 Å². The standard InChI is InChI=1S/C15H18ClN3/c1-9(2)10-3-5-11(6-4-10)14(17)13-7-12(16)8-19-15(13)18/h3-9,14H,17H2,1-2H3,(H2,18,19). The lowest BCUT2D eigenvalue weighted by atomic mass is 9.96. The molecule has 0 fully saturated rings. The van der Waals surface area contributed by atoms with Crippen LogP contribution in [0.15, 0.2) is 36.5 Å². The van der Waals surface area contributed by atoms with Gasteiger partial charge in [0.2, 0.25) is 0 Å². The third-order valence-corrected chi connectivity index (χ3v) is 3.42. The SMILES string of the molecule is CC(C)c1ccc(C(N)c2cc(Cl)cnc2N)cc1. The molecule has 0 aliphatic carbocycles. The Kier molecular flexibility index (Phi) is 4.08. The van der Waals surface area contributed by atoms with Crippen LogP contribution in [0.3, 0.4) is 0 Å². The molecular weight excluding hydrogens is 258 g/mol. The first kappa shape index (κ1) is 13.8. The fourth-order valence-electron chi connectivity index (χ4n) is 1.98. The van der Waals surface area contributed by atoms with Gasteiger partial charge in [0, 0.05) is 11.8 Å². The first-order valence-corrected chi connectivity index (χ1v) is 6.63. The van der Waals surface area contributed by atoms with E-state index in [9.17, 15) is 0 Å². The van der Waals surface area contributed by atoms with Crippen molar-refractivity contribution >= 4 is 17.4 Å². The minimum absolute atomic E-state index is 0.313. The summed E-state index contributed by atoms with van der Waals surface area (Å²) in [6.07, 6.45) is 1.52. The summed E-state index contributed by atoms with van der Waals surface area (Å²) < 4.78 is 0. The predicted molar refractivity (Wildman–Crippen MR) is 80.2 cm³/mol. The van der Waals surface area contributed by atoms with Gasteiger partial charge in [-0.1, -0.05) is 49.7 Å². The van der Waals surface area contributed by atoms with Crippen molar-refractivity contribution in [1.29, 1.82) is 0 Å². The average molecular weight is 276 g/mol. The molecule has 0 aliphatic heterocycles. The number of nitrogens with zero attached hydrogens (tertiary/aromatic N) is 1. The Bertz CT molecular complexity index is 564. The largest absolute Gasteiger partial charge is 0.383 e. The van der Waals surface area contributed by atoms with E-state index in [-0.39, 0.29) is 6.04 Å². The van der Waals surface area contributed by atoms with Crippen molar-refractivity contribution in [2.45, 2.75) is 25.8 Å². The van der Waals surface area contributed by atoms with Crippen molar-refractivity contribution in [2.24, 2.45) is 5.73 Å². The van der Waals surface area contributed by atoms with Crippen LogP contribution in [0.4, 0.5) is 5.82 Å². The molecule has 0 aliphatic rings. The van der Waals surface area contributed by atoms with Crippen LogP contribution >= 0.6 is 11.6 Å². The lowest BCUT2D eigenvalue weighted by molar-refractivity contribution is 0.846. The van der Waals surface area contributed by atoms with Gasteiger partial charge in [0.05, 0.1) is 11.1 Å². The van der Waals surface area contributed by atoms with Crippen molar-refractivity contribution in [3.05, 3.63) is 58.2 Å². The van der Waals surface area contributed by atoms with Gasteiger partial charge < -0.3 is 11.5 Å². The summed E-state index contributed by atoms with van der Waals surface area (Å²) in [5.74, 6) is 0.924. The van der Waals surface area contributed by atoms with Gasteiger partial charge >= 0.3 is 0 Å². The minimum atomic E-state index is -0.313. The van der Waals surface area contributed by atoms with E-state index < -0.39 is 0 Å². The molecule has 0 radical (unpaired) electrons. The molecule has 3 nitrogen and oxygen atoms in total. The van der Waals surface area contributed by atoms with E-state index in [4.69, 9.17) is 23.1 Å². The molecule has 1 atom stereocenters. The van der Waals surface area contributed by atoms with E-state index in [1.807, 2.05) is 12.1 Å². The number of pyridine rings is 1. The Balaban J connectivity index is 2.33. The zero-order valence-electron chi connectivity index (χ0n) is 11.1. The van der Waals surface area contributed by atoms with Gasteiger partial charge in [-0.25, -0.2) is 4.98 Å². The number of anilines is 1. The molecule has 1 aromatic carbocycles. The highest BCUT2D eigenvalue weighted by Crippen LogP contribution is 2.26. The number of nitrogens with two attached hydrogens (primary N) is 2. The molecule has 2 rings (SSSR count). The van der Waals surface area contributed by atoms with Gasteiger partial charge in [-0.3, -0.25) is 0 Å². The Hall–Kier alpha value is -1.58. The molecule has 19 heavy (non-hydrogen) atoms. The molecule has 0 spiro atoms. The molecule has 100 valence electrons. The Morgan fingerprint density at radius 3 is 2.26 bits per heavy atom. The normalized spacial score (nSPS) is 12.7. The average Bonchev–Trinajstić information content (AvgIpc) is 2.41. The Labute approximate surface area is 118 Å². The second-order valence-corrected chi connectivity index (χ2v) is 5.36. The van der Waals surface area contributed by atoms with Gasteiger partial charge in [0.15, 0.2) is 0 Å². The second kappa shape index (κ2) is 5.59. The lowest BCUT2D eigenvalue weighted by Gasteiger charge is -2.15. The third kappa shape index (κ3) is 3.06. The maximum absolute atomic E-state index is 6.23. The fourth-order valence-corrected chi connectivity index (χ4v) is 2.15. The van der Waals surface area contributed by atoms with Gasteiger partial charge in [-0.2, -0.15) is 0 Å². The van der Waals surface area contributed by atoms with E-state index in [0.717, 1.165) is 11.1 Å². The highest BCUT2D eigenvalue weighted by atomic mass is 35.5. The summed E-state index contributed by atoms with van der Waals surface area (Å²) in [6, 6.07) is 9.70. The van der Waals surface area contributed by atoms with Crippen LogP contribution in [0.1, 0.15) is 42.5 Å². The van der Waals surface area contributed by atoms with Gasteiger partial charge in [-0.15, -0.1) is 0 Å². The highest BCUT2D eigenvalue weighted by molar-refractivity contribution is 6.30. The Morgan fingerprint density at radius 1 is 1.11 bits per heavy atom. The summed E-state index contributed by atoms with van der Waals surface area (Å²) in [5.41, 5.74) is 15.1. The number of halogens is 1. The molecule has 2 aromatic rings. The molecule has 4 N–H and O–H groups in total. The zero-order chi connectivity index (χ0) is 14.0. The Morgan fingerprint density at radius 2 is 1.68 bits per heavy atom.